The van der Waals surface area contributed by atoms with Gasteiger partial charge in [-0.2, -0.15) is 0 Å². The molecule has 13 heavy (non-hydrogen) atoms. The molecule has 0 spiro atoms. The van der Waals surface area contributed by atoms with E-state index in [1.165, 1.54) is 6.42 Å². The monoisotopic (exact) mass is 182 g/mol. The first-order valence-corrected chi connectivity index (χ1v) is 5.83. The molecule has 1 aliphatic carbocycles. The van der Waals surface area contributed by atoms with Gasteiger partial charge in [-0.25, -0.2) is 0 Å². The van der Waals surface area contributed by atoms with Crippen molar-refractivity contribution in [2.24, 2.45) is 11.8 Å². The summed E-state index contributed by atoms with van der Waals surface area (Å²) in [6.45, 7) is 4.35. The normalized spacial score (nSPS) is 29.2. The number of hydrogen-bond acceptors (Lipinski definition) is 1. The highest BCUT2D eigenvalue weighted by Gasteiger charge is 2.29. The molecule has 2 atom stereocenters. The average molecular weight is 182 g/mol. The Morgan fingerprint density at radius 3 is 1.92 bits per heavy atom. The first-order chi connectivity index (χ1) is 6.29. The summed E-state index contributed by atoms with van der Waals surface area (Å²) < 4.78 is 0. The Kier molecular flexibility index (Phi) is 4.47. The third kappa shape index (κ3) is 2.82. The number of carbonyl (C=O) groups is 1. The van der Waals surface area contributed by atoms with E-state index in [2.05, 4.69) is 13.8 Å². The number of hydrogen-bond donors (Lipinski definition) is 0. The fraction of sp³-hybridized carbons (Fsp3) is 0.917. The van der Waals surface area contributed by atoms with Crippen LogP contribution >= 0.6 is 0 Å². The molecule has 0 radical (unpaired) electrons. The maximum atomic E-state index is 11.9. The zero-order chi connectivity index (χ0) is 9.68. The van der Waals surface area contributed by atoms with Crippen LogP contribution in [0.25, 0.3) is 0 Å². The number of ketones is 1. The van der Waals surface area contributed by atoms with Crippen molar-refractivity contribution in [3.05, 3.63) is 0 Å². The first-order valence-electron chi connectivity index (χ1n) is 5.83. The molecule has 0 aliphatic heterocycles. The van der Waals surface area contributed by atoms with Crippen LogP contribution in [0, 0.1) is 11.8 Å². The van der Waals surface area contributed by atoms with Crippen molar-refractivity contribution in [2.75, 3.05) is 0 Å². The highest BCUT2D eigenvalue weighted by Crippen LogP contribution is 2.31. The zero-order valence-corrected chi connectivity index (χ0v) is 9.01. The lowest BCUT2D eigenvalue weighted by molar-refractivity contribution is -0.129. The standard InChI is InChI=1S/C12H22O/c1-3-6-10-8-5-9-11(7-4-2)12(10)13/h10-11H,3-9H2,1-2H3. The first kappa shape index (κ1) is 10.7. The topological polar surface area (TPSA) is 17.1 Å². The van der Waals surface area contributed by atoms with Gasteiger partial charge in [-0.15, -0.1) is 0 Å². The Labute approximate surface area is 81.9 Å². The van der Waals surface area contributed by atoms with Gasteiger partial charge < -0.3 is 0 Å². The number of rotatable bonds is 4. The van der Waals surface area contributed by atoms with Gasteiger partial charge in [0, 0.05) is 11.8 Å². The minimum absolute atomic E-state index is 0.412. The zero-order valence-electron chi connectivity index (χ0n) is 9.01. The summed E-state index contributed by atoms with van der Waals surface area (Å²) >= 11 is 0. The second-order valence-electron chi connectivity index (χ2n) is 4.30. The summed E-state index contributed by atoms with van der Waals surface area (Å²) in [6.07, 6.45) is 8.17. The third-order valence-corrected chi connectivity index (χ3v) is 3.18. The maximum Gasteiger partial charge on any atom is 0.139 e. The molecule has 2 unspecified atom stereocenters. The predicted octanol–water partition coefficient (Wildman–Crippen LogP) is 3.57. The van der Waals surface area contributed by atoms with Gasteiger partial charge in [0.15, 0.2) is 0 Å². The molecular formula is C12H22O. The molecule has 1 fully saturated rings. The second-order valence-corrected chi connectivity index (χ2v) is 4.30. The molecule has 0 heterocycles. The minimum Gasteiger partial charge on any atom is -0.299 e. The summed E-state index contributed by atoms with van der Waals surface area (Å²) in [5, 5.41) is 0. The van der Waals surface area contributed by atoms with Crippen LogP contribution in [0.15, 0.2) is 0 Å². The Bertz CT molecular complexity index is 143. The molecule has 76 valence electrons. The fourth-order valence-electron chi connectivity index (χ4n) is 2.50. The Balaban J connectivity index is 2.45. The lowest BCUT2D eigenvalue weighted by Gasteiger charge is -2.27. The van der Waals surface area contributed by atoms with Crippen LogP contribution in [-0.2, 0) is 4.79 Å². The molecule has 0 amide bonds. The van der Waals surface area contributed by atoms with Crippen LogP contribution in [-0.4, -0.2) is 5.78 Å². The molecule has 0 N–H and O–H groups in total. The molecule has 0 saturated heterocycles. The van der Waals surface area contributed by atoms with Crippen LogP contribution in [0.1, 0.15) is 58.8 Å². The molecule has 0 aromatic heterocycles. The average Bonchev–Trinajstić information content (AvgIpc) is 2.13. The highest BCUT2D eigenvalue weighted by atomic mass is 16.1. The van der Waals surface area contributed by atoms with Gasteiger partial charge in [0.2, 0.25) is 0 Å². The van der Waals surface area contributed by atoms with E-state index in [0.29, 0.717) is 17.6 Å². The molecule has 1 rings (SSSR count). The van der Waals surface area contributed by atoms with Gasteiger partial charge in [-0.05, 0) is 25.7 Å². The molecule has 1 aliphatic rings. The van der Waals surface area contributed by atoms with Crippen molar-refractivity contribution < 1.29 is 4.79 Å². The summed E-state index contributed by atoms with van der Waals surface area (Å²) in [6, 6.07) is 0. The lowest BCUT2D eigenvalue weighted by Crippen LogP contribution is -2.28. The summed E-state index contributed by atoms with van der Waals surface area (Å²) in [5.41, 5.74) is 0. The molecule has 0 aromatic carbocycles. The summed E-state index contributed by atoms with van der Waals surface area (Å²) in [7, 11) is 0. The predicted molar refractivity (Wildman–Crippen MR) is 55.7 cm³/mol. The highest BCUT2D eigenvalue weighted by molar-refractivity contribution is 5.84. The summed E-state index contributed by atoms with van der Waals surface area (Å²) in [5.74, 6) is 1.40. The van der Waals surface area contributed by atoms with Gasteiger partial charge in [-0.1, -0.05) is 33.1 Å². The van der Waals surface area contributed by atoms with E-state index < -0.39 is 0 Å². The Morgan fingerprint density at radius 2 is 1.54 bits per heavy atom. The van der Waals surface area contributed by atoms with Crippen molar-refractivity contribution in [3.63, 3.8) is 0 Å². The van der Waals surface area contributed by atoms with Crippen LogP contribution in [0.4, 0.5) is 0 Å². The minimum atomic E-state index is 0.412. The van der Waals surface area contributed by atoms with E-state index in [-0.39, 0.29) is 0 Å². The van der Waals surface area contributed by atoms with E-state index in [1.54, 1.807) is 0 Å². The van der Waals surface area contributed by atoms with E-state index in [9.17, 15) is 4.79 Å². The molecule has 1 heteroatoms. The van der Waals surface area contributed by atoms with Crippen molar-refractivity contribution in [1.29, 1.82) is 0 Å². The number of Topliss-reactive ketones (excluding diaryl/α,β-unsaturated/α-hetero) is 1. The van der Waals surface area contributed by atoms with Crippen molar-refractivity contribution in [2.45, 2.75) is 58.8 Å². The third-order valence-electron chi connectivity index (χ3n) is 3.18. The Morgan fingerprint density at radius 1 is 1.08 bits per heavy atom. The van der Waals surface area contributed by atoms with Gasteiger partial charge in [0.1, 0.15) is 5.78 Å². The van der Waals surface area contributed by atoms with E-state index >= 15 is 0 Å². The van der Waals surface area contributed by atoms with E-state index in [4.69, 9.17) is 0 Å². The van der Waals surface area contributed by atoms with Crippen LogP contribution in [0.2, 0.25) is 0 Å². The quantitative estimate of drug-likeness (QED) is 0.649. The molecule has 1 nitrogen and oxygen atoms in total. The van der Waals surface area contributed by atoms with Crippen LogP contribution < -0.4 is 0 Å². The van der Waals surface area contributed by atoms with Gasteiger partial charge >= 0.3 is 0 Å². The Hall–Kier alpha value is -0.330. The van der Waals surface area contributed by atoms with Crippen molar-refractivity contribution >= 4 is 5.78 Å². The van der Waals surface area contributed by atoms with E-state index in [1.807, 2.05) is 0 Å². The van der Waals surface area contributed by atoms with Crippen LogP contribution in [0.3, 0.4) is 0 Å². The maximum absolute atomic E-state index is 11.9. The van der Waals surface area contributed by atoms with E-state index in [0.717, 1.165) is 38.5 Å². The molecular weight excluding hydrogens is 160 g/mol. The van der Waals surface area contributed by atoms with Crippen molar-refractivity contribution in [3.8, 4) is 0 Å². The molecule has 1 saturated carbocycles. The van der Waals surface area contributed by atoms with Gasteiger partial charge in [0.25, 0.3) is 0 Å². The van der Waals surface area contributed by atoms with Crippen LogP contribution in [0.5, 0.6) is 0 Å². The van der Waals surface area contributed by atoms with Crippen molar-refractivity contribution in [1.82, 2.24) is 0 Å². The lowest BCUT2D eigenvalue weighted by atomic mass is 9.76. The second kappa shape index (κ2) is 5.41. The molecule has 0 bridgehead atoms. The smallest absolute Gasteiger partial charge is 0.139 e. The van der Waals surface area contributed by atoms with Gasteiger partial charge in [-0.3, -0.25) is 4.79 Å². The number of carbonyl (C=O) groups excluding carboxylic acids is 1. The van der Waals surface area contributed by atoms with Gasteiger partial charge in [0.05, 0.1) is 0 Å². The molecule has 0 aromatic rings. The fourth-order valence-corrected chi connectivity index (χ4v) is 2.50. The summed E-state index contributed by atoms with van der Waals surface area (Å²) in [4.78, 5) is 11.9. The SMILES string of the molecule is CCCC1CCCC(CCC)C1=O. The largest absolute Gasteiger partial charge is 0.299 e.